The largest absolute Gasteiger partial charge is 0.356 e. The number of rotatable bonds is 3. The van der Waals surface area contributed by atoms with Gasteiger partial charge in [0, 0.05) is 30.5 Å². The molecule has 2 heterocycles. The minimum atomic E-state index is 0.168. The minimum Gasteiger partial charge on any atom is -0.356 e. The van der Waals surface area contributed by atoms with E-state index in [2.05, 4.69) is 71.3 Å². The van der Waals surface area contributed by atoms with Gasteiger partial charge in [0.2, 0.25) is 5.95 Å². The Morgan fingerprint density at radius 1 is 1.00 bits per heavy atom. The van der Waals surface area contributed by atoms with Crippen LogP contribution in [-0.2, 0) is 5.41 Å². The van der Waals surface area contributed by atoms with Crippen LogP contribution < -0.4 is 10.2 Å². The monoisotopic (exact) mass is 310 g/mol. The topological polar surface area (TPSA) is 41.1 Å². The molecule has 1 fully saturated rings. The number of nitrogens with zero attached hydrogens (tertiary/aromatic N) is 3. The Hall–Kier alpha value is -2.10. The molecule has 23 heavy (non-hydrogen) atoms. The molecule has 3 rings (SSSR count). The zero-order chi connectivity index (χ0) is 16.4. The zero-order valence-corrected chi connectivity index (χ0v) is 14.6. The summed E-state index contributed by atoms with van der Waals surface area (Å²) in [7, 11) is 0. The van der Waals surface area contributed by atoms with Gasteiger partial charge >= 0.3 is 0 Å². The lowest BCUT2D eigenvalue weighted by Gasteiger charge is -2.20. The van der Waals surface area contributed by atoms with Crippen LogP contribution in [0.1, 0.15) is 44.9 Å². The second kappa shape index (κ2) is 6.19. The van der Waals surface area contributed by atoms with Gasteiger partial charge in [-0.1, -0.05) is 32.9 Å². The molecule has 4 nitrogen and oxygen atoms in total. The highest BCUT2D eigenvalue weighted by molar-refractivity contribution is 5.56. The zero-order valence-electron chi connectivity index (χ0n) is 14.6. The maximum atomic E-state index is 4.69. The lowest BCUT2D eigenvalue weighted by molar-refractivity contribution is 0.590. The van der Waals surface area contributed by atoms with E-state index in [1.54, 1.807) is 0 Å². The van der Waals surface area contributed by atoms with Crippen molar-refractivity contribution in [2.45, 2.75) is 46.0 Å². The van der Waals surface area contributed by atoms with E-state index in [0.717, 1.165) is 30.3 Å². The molecule has 0 spiro atoms. The smallest absolute Gasteiger partial charge is 0.229 e. The molecule has 122 valence electrons. The normalized spacial score (nSPS) is 15.0. The van der Waals surface area contributed by atoms with Gasteiger partial charge in [-0.15, -0.1) is 0 Å². The molecule has 1 saturated heterocycles. The van der Waals surface area contributed by atoms with Gasteiger partial charge in [0.15, 0.2) is 0 Å². The number of benzene rings is 1. The van der Waals surface area contributed by atoms with E-state index < -0.39 is 0 Å². The lowest BCUT2D eigenvalue weighted by Crippen LogP contribution is -2.19. The highest BCUT2D eigenvalue weighted by atomic mass is 15.2. The van der Waals surface area contributed by atoms with Crippen molar-refractivity contribution in [3.05, 3.63) is 41.6 Å². The van der Waals surface area contributed by atoms with E-state index in [4.69, 9.17) is 0 Å². The van der Waals surface area contributed by atoms with Crippen molar-refractivity contribution < 1.29 is 0 Å². The Balaban J connectivity index is 1.79. The number of aromatic nitrogens is 2. The first-order valence-electron chi connectivity index (χ1n) is 8.40. The van der Waals surface area contributed by atoms with Crippen molar-refractivity contribution in [3.63, 3.8) is 0 Å². The summed E-state index contributed by atoms with van der Waals surface area (Å²) in [5, 5.41) is 3.34. The van der Waals surface area contributed by atoms with Gasteiger partial charge in [-0.3, -0.25) is 0 Å². The Kier molecular flexibility index (Phi) is 4.24. The fraction of sp³-hybridized carbons (Fsp3) is 0.474. The summed E-state index contributed by atoms with van der Waals surface area (Å²) in [5.41, 5.74) is 3.51. The van der Waals surface area contributed by atoms with E-state index in [0.29, 0.717) is 5.95 Å². The van der Waals surface area contributed by atoms with Crippen LogP contribution in [0.25, 0.3) is 0 Å². The molecule has 4 heteroatoms. The molecule has 1 N–H and O–H groups in total. The van der Waals surface area contributed by atoms with Gasteiger partial charge in [0.05, 0.1) is 0 Å². The summed E-state index contributed by atoms with van der Waals surface area (Å²) in [4.78, 5) is 11.5. The van der Waals surface area contributed by atoms with Gasteiger partial charge in [-0.05, 0) is 42.9 Å². The second-order valence-electron chi connectivity index (χ2n) is 7.34. The summed E-state index contributed by atoms with van der Waals surface area (Å²) < 4.78 is 0. The molecule has 2 aromatic rings. The molecule has 0 aliphatic carbocycles. The SMILES string of the molecule is Cc1cc(N2CCCC2)nc(Nc2ccc(C(C)(C)C)cc2)n1. The van der Waals surface area contributed by atoms with E-state index in [-0.39, 0.29) is 5.41 Å². The van der Waals surface area contributed by atoms with Gasteiger partial charge in [0.25, 0.3) is 0 Å². The van der Waals surface area contributed by atoms with Crippen LogP contribution in [0.3, 0.4) is 0 Å². The Labute approximate surface area is 139 Å². The summed E-state index contributed by atoms with van der Waals surface area (Å²) in [6, 6.07) is 10.6. The van der Waals surface area contributed by atoms with Crippen molar-refractivity contribution in [1.29, 1.82) is 0 Å². The highest BCUT2D eigenvalue weighted by Gasteiger charge is 2.16. The average molecular weight is 310 g/mol. The first kappa shape index (κ1) is 15.8. The number of nitrogens with one attached hydrogen (secondary N) is 1. The molecule has 0 amide bonds. The Bertz CT molecular complexity index is 665. The second-order valence-corrected chi connectivity index (χ2v) is 7.34. The van der Waals surface area contributed by atoms with Crippen LogP contribution >= 0.6 is 0 Å². The Morgan fingerprint density at radius 2 is 1.65 bits per heavy atom. The standard InChI is InChI=1S/C19H26N4/c1-14-13-17(23-11-5-6-12-23)22-18(20-14)21-16-9-7-15(8-10-16)19(2,3)4/h7-10,13H,5-6,11-12H2,1-4H3,(H,20,21,22). The molecule has 0 unspecified atom stereocenters. The van der Waals surface area contributed by atoms with E-state index in [1.807, 2.05) is 6.92 Å². The van der Waals surface area contributed by atoms with Crippen molar-refractivity contribution >= 4 is 17.5 Å². The highest BCUT2D eigenvalue weighted by Crippen LogP contribution is 2.25. The number of hydrogen-bond acceptors (Lipinski definition) is 4. The van der Waals surface area contributed by atoms with Crippen LogP contribution in [0.2, 0.25) is 0 Å². The third-order valence-corrected chi connectivity index (χ3v) is 4.28. The molecule has 1 aliphatic heterocycles. The molecule has 1 aromatic heterocycles. The number of anilines is 3. The molecular formula is C19H26N4. The van der Waals surface area contributed by atoms with E-state index in [9.17, 15) is 0 Å². The minimum absolute atomic E-state index is 0.168. The summed E-state index contributed by atoms with van der Waals surface area (Å²) in [5.74, 6) is 1.71. The van der Waals surface area contributed by atoms with Crippen LogP contribution in [0.4, 0.5) is 17.5 Å². The third kappa shape index (κ3) is 3.81. The van der Waals surface area contributed by atoms with E-state index in [1.165, 1.54) is 18.4 Å². The van der Waals surface area contributed by atoms with Crippen molar-refractivity contribution in [1.82, 2.24) is 9.97 Å². The van der Waals surface area contributed by atoms with Gasteiger partial charge in [0.1, 0.15) is 5.82 Å². The molecule has 1 aromatic carbocycles. The summed E-state index contributed by atoms with van der Waals surface area (Å²) in [6.45, 7) is 10.9. The van der Waals surface area contributed by atoms with Crippen molar-refractivity contribution in [2.75, 3.05) is 23.3 Å². The number of aryl methyl sites for hydroxylation is 1. The fourth-order valence-electron chi connectivity index (χ4n) is 2.90. The van der Waals surface area contributed by atoms with Crippen LogP contribution in [0, 0.1) is 6.92 Å². The predicted octanol–water partition coefficient (Wildman–Crippen LogP) is 4.43. The predicted molar refractivity (Wildman–Crippen MR) is 96.6 cm³/mol. The van der Waals surface area contributed by atoms with Crippen LogP contribution in [0.15, 0.2) is 30.3 Å². The molecule has 0 radical (unpaired) electrons. The summed E-state index contributed by atoms with van der Waals surface area (Å²) in [6.07, 6.45) is 2.50. The van der Waals surface area contributed by atoms with Crippen LogP contribution in [-0.4, -0.2) is 23.1 Å². The van der Waals surface area contributed by atoms with Crippen molar-refractivity contribution in [2.24, 2.45) is 0 Å². The van der Waals surface area contributed by atoms with Crippen molar-refractivity contribution in [3.8, 4) is 0 Å². The molecule has 0 atom stereocenters. The quantitative estimate of drug-likeness (QED) is 0.910. The number of hydrogen-bond donors (Lipinski definition) is 1. The van der Waals surface area contributed by atoms with E-state index >= 15 is 0 Å². The maximum Gasteiger partial charge on any atom is 0.229 e. The summed E-state index contributed by atoms with van der Waals surface area (Å²) >= 11 is 0. The lowest BCUT2D eigenvalue weighted by atomic mass is 9.87. The first-order valence-corrected chi connectivity index (χ1v) is 8.40. The third-order valence-electron chi connectivity index (χ3n) is 4.28. The molecule has 0 saturated carbocycles. The van der Waals surface area contributed by atoms with Gasteiger partial charge < -0.3 is 10.2 Å². The maximum absolute atomic E-state index is 4.69. The molecule has 1 aliphatic rings. The Morgan fingerprint density at radius 3 is 2.26 bits per heavy atom. The van der Waals surface area contributed by atoms with Gasteiger partial charge in [-0.25, -0.2) is 4.98 Å². The van der Waals surface area contributed by atoms with Crippen LogP contribution in [0.5, 0.6) is 0 Å². The fourth-order valence-corrected chi connectivity index (χ4v) is 2.90. The van der Waals surface area contributed by atoms with Gasteiger partial charge in [-0.2, -0.15) is 4.98 Å². The average Bonchev–Trinajstić information content (AvgIpc) is 3.00. The molecular weight excluding hydrogens is 284 g/mol. The molecule has 0 bridgehead atoms. The first-order chi connectivity index (χ1) is 10.9.